The molecule has 8 rings (SSSR count). The molecule has 2 fully saturated rings. The van der Waals surface area contributed by atoms with Gasteiger partial charge in [0.1, 0.15) is 58.8 Å². The van der Waals surface area contributed by atoms with Crippen molar-refractivity contribution in [3.8, 4) is 23.6 Å². The fraction of sp³-hybridized carbons (Fsp3) is 0.360. The topological polar surface area (TPSA) is 375 Å². The second-order valence-corrected chi connectivity index (χ2v) is 22.5. The number of ether oxygens (including phenoxy) is 4. The Morgan fingerprint density at radius 2 is 1.11 bits per heavy atom. The second kappa shape index (κ2) is 25.7. The molecule has 26 nitrogen and oxygen atoms in total. The Morgan fingerprint density at radius 3 is 1.56 bits per heavy atom. The maximum Gasteiger partial charge on any atom is 0.459 e. The standard InChI is InChI=1S/C25H27N4O9P.C14H15ClNO4P.C11H13N3O5/c1-15(22(32)35-3)28-39(34,38-18-10-6-8-16-7-4-5-9-17(16)18)36-13-19-21(31)25(2,14-26)23(37-19)29-12-11-20(30)27-24(29)33;1-10(14(17)19-2)16-21(15,18)20-13-9-5-7-11-6-3-4-8-12(11)13;1-11(5-12)8(17)6(4-15)19-9(11)14-3-2-7(16)13-10(14)18/h4-12,15,19,21,23,31H,13H2,1-3H3,(H,28,34)(H,27,30,33);3-10H,1-2H3,(H,16,18);2-3,6,8-9,15,17H,4H2,1H3,(H,13,16,18)/t15-,19+,21+,23+,25+,39?;10-,21?;6-,8-,9-,11-/m001/s1. The number of nitrogens with zero attached hydrogens (tertiary/aromatic N) is 4. The first-order valence-corrected chi connectivity index (χ1v) is 27.8. The Bertz CT molecular complexity index is 3610. The third kappa shape index (κ3) is 13.9. The molecule has 12 atom stereocenters. The molecule has 0 bridgehead atoms. The number of esters is 2. The molecule has 0 saturated carbocycles. The molecular weight excluding hydrogens is 1100 g/mol. The number of rotatable bonds is 16. The highest BCUT2D eigenvalue weighted by Crippen LogP contribution is 2.51. The lowest BCUT2D eigenvalue weighted by Crippen LogP contribution is -2.41. The summed E-state index contributed by atoms with van der Waals surface area (Å²) >= 11 is 5.88. The maximum absolute atomic E-state index is 13.9. The van der Waals surface area contributed by atoms with E-state index >= 15 is 0 Å². The fourth-order valence-corrected chi connectivity index (χ4v) is 11.5. The molecule has 2 aliphatic heterocycles. The van der Waals surface area contributed by atoms with E-state index in [1.54, 1.807) is 36.4 Å². The Balaban J connectivity index is 0.000000212. The highest BCUT2D eigenvalue weighted by Gasteiger charge is 2.56. The summed E-state index contributed by atoms with van der Waals surface area (Å²) in [5.41, 5.74) is -5.87. The highest BCUT2D eigenvalue weighted by atomic mass is 35.7. The first-order chi connectivity index (χ1) is 37.4. The molecule has 29 heteroatoms. The number of hydrogen-bond acceptors (Lipinski definition) is 20. The average Bonchev–Trinajstić information content (AvgIpc) is 4.02. The number of fused-ring (bicyclic) bond motifs is 2. The van der Waals surface area contributed by atoms with Gasteiger partial charge in [0.25, 0.3) is 11.1 Å². The van der Waals surface area contributed by atoms with Gasteiger partial charge in [-0.15, -0.1) is 0 Å². The van der Waals surface area contributed by atoms with Crippen LogP contribution in [0.1, 0.15) is 40.2 Å². The molecule has 2 unspecified atom stereocenters. The van der Waals surface area contributed by atoms with Crippen LogP contribution < -0.4 is 41.7 Å². The van der Waals surface area contributed by atoms with Crippen molar-refractivity contribution in [3.05, 3.63) is 151 Å². The lowest BCUT2D eigenvalue weighted by molar-refractivity contribution is -0.143. The van der Waals surface area contributed by atoms with Gasteiger partial charge in [0.2, 0.25) is 0 Å². The number of benzene rings is 4. The van der Waals surface area contributed by atoms with Crippen molar-refractivity contribution in [1.82, 2.24) is 29.3 Å². The van der Waals surface area contributed by atoms with Gasteiger partial charge in [-0.25, -0.2) is 23.8 Å². The minimum absolute atomic E-state index is 0.202. The van der Waals surface area contributed by atoms with Crippen molar-refractivity contribution >= 4 is 59.3 Å². The van der Waals surface area contributed by atoms with Crippen molar-refractivity contribution < 1.29 is 66.6 Å². The molecule has 0 spiro atoms. The van der Waals surface area contributed by atoms with Crippen LogP contribution >= 0.6 is 25.9 Å². The highest BCUT2D eigenvalue weighted by molar-refractivity contribution is 7.84. The fourth-order valence-electron chi connectivity index (χ4n) is 8.30. The number of carbonyl (C=O) groups excluding carboxylic acids is 2. The van der Waals surface area contributed by atoms with Gasteiger partial charge < -0.3 is 43.3 Å². The number of aromatic nitrogens is 4. The van der Waals surface area contributed by atoms with Gasteiger partial charge in [0.05, 0.1) is 39.6 Å². The molecule has 4 aromatic carbocycles. The number of nitriles is 2. The first kappa shape index (κ1) is 60.9. The molecule has 0 aliphatic carbocycles. The van der Waals surface area contributed by atoms with E-state index in [0.717, 1.165) is 43.6 Å². The summed E-state index contributed by atoms with van der Waals surface area (Å²) in [7, 11) is -1.94. The Labute approximate surface area is 453 Å². The van der Waals surface area contributed by atoms with Gasteiger partial charge in [-0.05, 0) is 50.6 Å². The van der Waals surface area contributed by atoms with Crippen molar-refractivity contribution in [1.29, 1.82) is 10.5 Å². The lowest BCUT2D eigenvalue weighted by atomic mass is 9.84. The first-order valence-electron chi connectivity index (χ1n) is 23.7. The van der Waals surface area contributed by atoms with Crippen LogP contribution in [-0.2, 0) is 42.2 Å². The van der Waals surface area contributed by atoms with Crippen LogP contribution in [0.25, 0.3) is 21.5 Å². The van der Waals surface area contributed by atoms with Gasteiger partial charge in [0, 0.05) is 46.5 Å². The molecule has 0 radical (unpaired) electrons. The number of carbonyl (C=O) groups is 2. The molecule has 0 amide bonds. The molecule has 2 aromatic heterocycles. The lowest BCUT2D eigenvalue weighted by Gasteiger charge is -2.26. The van der Waals surface area contributed by atoms with Crippen LogP contribution in [0.2, 0.25) is 0 Å². The Hall–Kier alpha value is -7.29. The summed E-state index contributed by atoms with van der Waals surface area (Å²) in [6.07, 6.45) is -5.03. The number of hydrogen-bond donors (Lipinski definition) is 7. The van der Waals surface area contributed by atoms with Gasteiger partial charge >= 0.3 is 37.9 Å². The molecule has 2 aliphatic rings. The predicted octanol–water partition coefficient (Wildman–Crippen LogP) is 3.87. The minimum Gasteiger partial charge on any atom is -0.468 e. The zero-order chi connectivity index (χ0) is 58.0. The molecule has 79 heavy (non-hydrogen) atoms. The summed E-state index contributed by atoms with van der Waals surface area (Å²) < 4.78 is 65.5. The van der Waals surface area contributed by atoms with E-state index in [1.165, 1.54) is 48.1 Å². The number of methoxy groups -OCH3 is 2. The summed E-state index contributed by atoms with van der Waals surface area (Å²) in [6, 6.07) is 29.3. The largest absolute Gasteiger partial charge is 0.468 e. The second-order valence-electron chi connectivity index (χ2n) is 18.1. The van der Waals surface area contributed by atoms with Crippen LogP contribution in [0.4, 0.5) is 0 Å². The molecule has 7 N–H and O–H groups in total. The maximum atomic E-state index is 13.9. The van der Waals surface area contributed by atoms with Gasteiger partial charge in [0.15, 0.2) is 12.5 Å². The predicted molar refractivity (Wildman–Crippen MR) is 282 cm³/mol. The summed E-state index contributed by atoms with van der Waals surface area (Å²) in [4.78, 5) is 74.1. The van der Waals surface area contributed by atoms with E-state index in [2.05, 4.69) is 19.9 Å². The number of aromatic amines is 2. The smallest absolute Gasteiger partial charge is 0.459 e. The van der Waals surface area contributed by atoms with Crippen LogP contribution in [0.15, 0.2) is 129 Å². The number of H-pyrrole nitrogens is 2. The Kier molecular flexibility index (Phi) is 19.8. The number of halogens is 1. The number of aliphatic hydroxyl groups excluding tert-OH is 3. The third-order valence-electron chi connectivity index (χ3n) is 12.6. The quantitative estimate of drug-likeness (QED) is 0.0534. The normalized spacial score (nSPS) is 24.6. The van der Waals surface area contributed by atoms with Gasteiger partial charge in [-0.2, -0.15) is 15.6 Å². The zero-order valence-corrected chi connectivity index (χ0v) is 45.5. The zero-order valence-electron chi connectivity index (χ0n) is 43.0. The molecule has 6 aromatic rings. The Morgan fingerprint density at radius 1 is 0.696 bits per heavy atom. The van der Waals surface area contributed by atoms with E-state index in [0.29, 0.717) is 11.1 Å². The van der Waals surface area contributed by atoms with E-state index in [-0.39, 0.29) is 5.75 Å². The molecule has 420 valence electrons. The average molecular weight is 1150 g/mol. The van der Waals surface area contributed by atoms with Crippen LogP contribution in [0.3, 0.4) is 0 Å². The van der Waals surface area contributed by atoms with Crippen molar-refractivity contribution in [3.63, 3.8) is 0 Å². The minimum atomic E-state index is -4.35. The molecule has 4 heterocycles. The monoisotopic (exact) mass is 1150 g/mol. The van der Waals surface area contributed by atoms with Crippen molar-refractivity contribution in [2.24, 2.45) is 10.8 Å². The van der Waals surface area contributed by atoms with E-state index in [4.69, 9.17) is 44.1 Å². The van der Waals surface area contributed by atoms with Crippen molar-refractivity contribution in [2.45, 2.75) is 76.7 Å². The number of nitrogens with one attached hydrogen (secondary N) is 4. The third-order valence-corrected chi connectivity index (χ3v) is 15.8. The van der Waals surface area contributed by atoms with E-state index in [1.807, 2.05) is 65.7 Å². The van der Waals surface area contributed by atoms with Gasteiger partial charge in [-0.3, -0.25) is 42.8 Å². The summed E-state index contributed by atoms with van der Waals surface area (Å²) in [6.45, 7) is 0.942. The van der Waals surface area contributed by atoms with Gasteiger partial charge in [-0.1, -0.05) is 72.8 Å². The molecule has 2 saturated heterocycles. The SMILES string of the molecule is COC(=O)[C@H](C)NP(=O)(Cl)Oc1cccc2ccccc12.COC(=O)[C@H](C)NP(=O)(OC[C@H]1O[C@@H](n2ccc(=O)[nH]c2=O)[C@](C)(C#N)[C@@H]1O)Oc1cccc2ccccc12.C[C@@]1(C#N)[C@H](O)[C@@H](CO)O[C@H]1n1ccc(=O)[nH]c1=O. The number of aliphatic hydroxyl groups is 3. The summed E-state index contributed by atoms with van der Waals surface area (Å²) in [5, 5.41) is 57.3. The van der Waals surface area contributed by atoms with Crippen molar-refractivity contribution in [2.75, 3.05) is 27.4 Å². The van der Waals surface area contributed by atoms with Crippen LogP contribution in [0, 0.1) is 33.5 Å². The van der Waals surface area contributed by atoms with E-state index < -0.39 is 122 Å². The molecular formula is C50H55ClN8O18P2. The van der Waals surface area contributed by atoms with Crippen LogP contribution in [0.5, 0.6) is 11.5 Å². The van der Waals surface area contributed by atoms with Crippen LogP contribution in [-0.4, -0.2) is 110 Å². The van der Waals surface area contributed by atoms with E-state index in [9.17, 15) is 58.6 Å². The summed E-state index contributed by atoms with van der Waals surface area (Å²) in [5.74, 6) is -0.714.